The number of ether oxygens (including phenoxy) is 1. The molecule has 0 aliphatic heterocycles. The van der Waals surface area contributed by atoms with Crippen molar-refractivity contribution in [3.05, 3.63) is 0 Å². The van der Waals surface area contributed by atoms with E-state index in [1.54, 1.807) is 6.92 Å². The average molecular weight is 217 g/mol. The molecule has 0 saturated heterocycles. The lowest BCUT2D eigenvalue weighted by molar-refractivity contribution is -0.152. The highest BCUT2D eigenvalue weighted by Gasteiger charge is 2.15. The fourth-order valence-corrected chi connectivity index (χ4v) is 0.727. The highest BCUT2D eigenvalue weighted by atomic mass is 32.1. The zero-order chi connectivity index (χ0) is 11.1. The van der Waals surface area contributed by atoms with Crippen molar-refractivity contribution in [2.45, 2.75) is 20.8 Å². The van der Waals surface area contributed by atoms with Crippen LogP contribution in [0, 0.1) is 5.92 Å². The highest BCUT2D eigenvalue weighted by Crippen LogP contribution is 1.93. The van der Waals surface area contributed by atoms with E-state index in [9.17, 15) is 9.59 Å². The molecule has 0 fully saturated rings. The maximum atomic E-state index is 11.1. The molecule has 0 unspecified atom stereocenters. The first-order valence-electron chi connectivity index (χ1n) is 4.46. The van der Waals surface area contributed by atoms with Crippen LogP contribution in [0.1, 0.15) is 20.8 Å². The third-order valence-electron chi connectivity index (χ3n) is 1.45. The Kier molecular flexibility index (Phi) is 6.03. The quantitative estimate of drug-likeness (QED) is 0.417. The Bertz CT molecular complexity index is 238. The molecule has 1 N–H and O–H groups in total. The van der Waals surface area contributed by atoms with Crippen molar-refractivity contribution >= 4 is 29.0 Å². The second kappa shape index (κ2) is 6.48. The SMILES string of the molecule is CCOC(=O)C(=O)CNC(=S)C(C)C. The van der Waals surface area contributed by atoms with Gasteiger partial charge < -0.3 is 10.1 Å². The maximum Gasteiger partial charge on any atom is 0.376 e. The molecule has 0 aromatic rings. The van der Waals surface area contributed by atoms with Crippen LogP contribution in [-0.4, -0.2) is 29.9 Å². The van der Waals surface area contributed by atoms with Crippen LogP contribution in [0.4, 0.5) is 0 Å². The number of nitrogens with one attached hydrogen (secondary N) is 1. The molecule has 0 rings (SSSR count). The van der Waals surface area contributed by atoms with Crippen LogP contribution >= 0.6 is 12.2 Å². The van der Waals surface area contributed by atoms with Gasteiger partial charge in [-0.15, -0.1) is 0 Å². The summed E-state index contributed by atoms with van der Waals surface area (Å²) in [6.07, 6.45) is 0. The van der Waals surface area contributed by atoms with E-state index < -0.39 is 11.8 Å². The Balaban J connectivity index is 3.85. The zero-order valence-corrected chi connectivity index (χ0v) is 9.44. The maximum absolute atomic E-state index is 11.1. The molecule has 0 saturated carbocycles. The topological polar surface area (TPSA) is 55.4 Å². The molecule has 5 heteroatoms. The predicted octanol–water partition coefficient (Wildman–Crippen LogP) is 0.692. The van der Waals surface area contributed by atoms with E-state index in [2.05, 4.69) is 10.1 Å². The molecule has 0 atom stereocenters. The van der Waals surface area contributed by atoms with E-state index in [0.717, 1.165) is 0 Å². The molecule has 0 aromatic carbocycles. The molecule has 80 valence electrons. The van der Waals surface area contributed by atoms with Gasteiger partial charge in [-0.05, 0) is 6.92 Å². The number of thiocarbonyl (C=S) groups is 1. The Hall–Kier alpha value is -0.970. The van der Waals surface area contributed by atoms with Gasteiger partial charge in [0.1, 0.15) is 0 Å². The van der Waals surface area contributed by atoms with Crippen LogP contribution in [0.2, 0.25) is 0 Å². The van der Waals surface area contributed by atoms with Crippen molar-refractivity contribution in [2.75, 3.05) is 13.2 Å². The molecular formula is C9H15NO3S. The monoisotopic (exact) mass is 217 g/mol. The molecule has 0 amide bonds. The standard InChI is InChI=1S/C9H15NO3S/c1-4-13-9(12)7(11)5-10-8(14)6(2)3/h6H,4-5H2,1-3H3,(H,10,14). The van der Waals surface area contributed by atoms with E-state index in [-0.39, 0.29) is 19.1 Å². The van der Waals surface area contributed by atoms with Crippen LogP contribution < -0.4 is 5.32 Å². The Morgan fingerprint density at radius 2 is 2.00 bits per heavy atom. The van der Waals surface area contributed by atoms with Crippen molar-refractivity contribution in [2.24, 2.45) is 5.92 Å². The fourth-order valence-electron chi connectivity index (χ4n) is 0.655. The van der Waals surface area contributed by atoms with Gasteiger partial charge in [0.25, 0.3) is 5.78 Å². The summed E-state index contributed by atoms with van der Waals surface area (Å²) in [5.41, 5.74) is 0. The van der Waals surface area contributed by atoms with E-state index in [1.807, 2.05) is 13.8 Å². The van der Waals surface area contributed by atoms with Gasteiger partial charge in [0, 0.05) is 5.92 Å². The minimum absolute atomic E-state index is 0.0875. The van der Waals surface area contributed by atoms with Crippen molar-refractivity contribution in [1.29, 1.82) is 0 Å². The minimum Gasteiger partial charge on any atom is -0.460 e. The number of Topliss-reactive ketones (excluding diaryl/α,β-unsaturated/α-hetero) is 1. The highest BCUT2D eigenvalue weighted by molar-refractivity contribution is 7.80. The van der Waals surface area contributed by atoms with E-state index >= 15 is 0 Å². The van der Waals surface area contributed by atoms with Gasteiger partial charge in [-0.1, -0.05) is 26.1 Å². The van der Waals surface area contributed by atoms with Crippen LogP contribution in [0.25, 0.3) is 0 Å². The average Bonchev–Trinajstić information content (AvgIpc) is 2.13. The van der Waals surface area contributed by atoms with Crippen molar-refractivity contribution < 1.29 is 14.3 Å². The lowest BCUT2D eigenvalue weighted by Crippen LogP contribution is -2.35. The number of carbonyl (C=O) groups is 2. The minimum atomic E-state index is -0.813. The summed E-state index contributed by atoms with van der Waals surface area (Å²) in [7, 11) is 0. The van der Waals surface area contributed by atoms with Gasteiger partial charge in [-0.25, -0.2) is 4.79 Å². The van der Waals surface area contributed by atoms with Crippen LogP contribution in [-0.2, 0) is 14.3 Å². The van der Waals surface area contributed by atoms with Gasteiger partial charge in [-0.2, -0.15) is 0 Å². The predicted molar refractivity (Wildman–Crippen MR) is 57.1 cm³/mol. The third-order valence-corrected chi connectivity index (χ3v) is 2.07. The van der Waals surface area contributed by atoms with Gasteiger partial charge in [0.2, 0.25) is 0 Å². The summed E-state index contributed by atoms with van der Waals surface area (Å²) in [6.45, 7) is 5.58. The second-order valence-electron chi connectivity index (χ2n) is 3.02. The van der Waals surface area contributed by atoms with Gasteiger partial charge in [0.05, 0.1) is 18.1 Å². The summed E-state index contributed by atoms with van der Waals surface area (Å²) in [6, 6.07) is 0. The molecule has 0 spiro atoms. The second-order valence-corrected chi connectivity index (χ2v) is 3.46. The first-order valence-corrected chi connectivity index (χ1v) is 4.87. The van der Waals surface area contributed by atoms with E-state index in [1.165, 1.54) is 0 Å². The fraction of sp³-hybridized carbons (Fsp3) is 0.667. The molecule has 0 aliphatic rings. The molecule has 0 heterocycles. The smallest absolute Gasteiger partial charge is 0.376 e. The number of ketones is 1. The first-order chi connectivity index (χ1) is 6.49. The zero-order valence-electron chi connectivity index (χ0n) is 8.62. The van der Waals surface area contributed by atoms with Crippen molar-refractivity contribution in [3.8, 4) is 0 Å². The molecule has 0 radical (unpaired) electrons. The van der Waals surface area contributed by atoms with Crippen LogP contribution in [0.5, 0.6) is 0 Å². The Labute approximate surface area is 89.0 Å². The van der Waals surface area contributed by atoms with E-state index in [4.69, 9.17) is 12.2 Å². The Morgan fingerprint density at radius 3 is 2.43 bits per heavy atom. The summed E-state index contributed by atoms with van der Waals surface area (Å²) in [5, 5.41) is 2.70. The molecule has 0 aliphatic carbocycles. The van der Waals surface area contributed by atoms with Crippen molar-refractivity contribution in [3.63, 3.8) is 0 Å². The lowest BCUT2D eigenvalue weighted by Gasteiger charge is -2.09. The number of esters is 1. The van der Waals surface area contributed by atoms with Gasteiger partial charge in [0.15, 0.2) is 0 Å². The number of hydrogen-bond donors (Lipinski definition) is 1. The van der Waals surface area contributed by atoms with Crippen LogP contribution in [0.3, 0.4) is 0 Å². The summed E-state index contributed by atoms with van der Waals surface area (Å²) in [5.74, 6) is -1.25. The lowest BCUT2D eigenvalue weighted by atomic mass is 10.2. The number of carbonyl (C=O) groups excluding carboxylic acids is 2. The number of rotatable bonds is 5. The largest absolute Gasteiger partial charge is 0.460 e. The summed E-state index contributed by atoms with van der Waals surface area (Å²) < 4.78 is 4.52. The molecule has 0 aromatic heterocycles. The van der Waals surface area contributed by atoms with Crippen LogP contribution in [0.15, 0.2) is 0 Å². The number of hydrogen-bond acceptors (Lipinski definition) is 4. The first kappa shape index (κ1) is 13.0. The third kappa shape index (κ3) is 4.91. The molecular weight excluding hydrogens is 202 g/mol. The molecule has 14 heavy (non-hydrogen) atoms. The van der Waals surface area contributed by atoms with Gasteiger partial charge in [-0.3, -0.25) is 4.79 Å². The summed E-state index contributed by atoms with van der Waals surface area (Å²) >= 11 is 4.93. The molecule has 4 nitrogen and oxygen atoms in total. The molecule has 0 bridgehead atoms. The Morgan fingerprint density at radius 1 is 1.43 bits per heavy atom. The summed E-state index contributed by atoms with van der Waals surface area (Å²) in [4.78, 5) is 22.5. The van der Waals surface area contributed by atoms with Gasteiger partial charge >= 0.3 is 5.97 Å². The van der Waals surface area contributed by atoms with Crippen molar-refractivity contribution in [1.82, 2.24) is 5.32 Å². The van der Waals surface area contributed by atoms with E-state index in [0.29, 0.717) is 4.99 Å². The normalized spacial score (nSPS) is 9.71.